The predicted molar refractivity (Wildman–Crippen MR) is 74.8 cm³/mol. The van der Waals surface area contributed by atoms with Crippen molar-refractivity contribution >= 4 is 17.3 Å². The van der Waals surface area contributed by atoms with Crippen LogP contribution in [0.25, 0.3) is 0 Å². The summed E-state index contributed by atoms with van der Waals surface area (Å²) in [5, 5.41) is 8.84. The fraction of sp³-hybridized carbons (Fsp3) is 0.125. The standard InChI is InChI=1S/C16H12N2O2/c1-11-16(19)18(13-8-6-12(10-17)7-9-13)14-4-2-3-5-15(14)20-11/h2-9,11H,1H3. The molecule has 1 unspecified atom stereocenters. The van der Waals surface area contributed by atoms with Gasteiger partial charge in [0.15, 0.2) is 6.10 Å². The summed E-state index contributed by atoms with van der Waals surface area (Å²) >= 11 is 0. The van der Waals surface area contributed by atoms with Crippen LogP contribution < -0.4 is 9.64 Å². The molecule has 0 spiro atoms. The van der Waals surface area contributed by atoms with Crippen LogP contribution in [0.15, 0.2) is 48.5 Å². The number of hydrogen-bond acceptors (Lipinski definition) is 3. The molecule has 1 aliphatic heterocycles. The number of fused-ring (bicyclic) bond motifs is 1. The van der Waals surface area contributed by atoms with Crippen molar-refractivity contribution in [2.45, 2.75) is 13.0 Å². The Morgan fingerprint density at radius 3 is 2.55 bits per heavy atom. The molecule has 1 amide bonds. The van der Waals surface area contributed by atoms with E-state index in [4.69, 9.17) is 10.00 Å². The first kappa shape index (κ1) is 12.2. The lowest BCUT2D eigenvalue weighted by Crippen LogP contribution is -2.41. The van der Waals surface area contributed by atoms with Gasteiger partial charge in [0, 0.05) is 5.69 Å². The molecule has 1 aliphatic rings. The Kier molecular flexibility index (Phi) is 2.88. The second-order valence-corrected chi connectivity index (χ2v) is 4.56. The van der Waals surface area contributed by atoms with Crippen LogP contribution in [0, 0.1) is 11.3 Å². The maximum atomic E-state index is 12.4. The van der Waals surface area contributed by atoms with Crippen molar-refractivity contribution in [3.05, 3.63) is 54.1 Å². The van der Waals surface area contributed by atoms with Gasteiger partial charge in [0.05, 0.1) is 17.3 Å². The van der Waals surface area contributed by atoms with Gasteiger partial charge in [-0.25, -0.2) is 0 Å². The van der Waals surface area contributed by atoms with Crippen LogP contribution in [0.3, 0.4) is 0 Å². The van der Waals surface area contributed by atoms with Crippen LogP contribution in [0.4, 0.5) is 11.4 Å². The third-order valence-corrected chi connectivity index (χ3v) is 3.23. The molecular formula is C16H12N2O2. The van der Waals surface area contributed by atoms with E-state index in [9.17, 15) is 4.79 Å². The van der Waals surface area contributed by atoms with Gasteiger partial charge in [-0.3, -0.25) is 9.69 Å². The number of amides is 1. The first-order chi connectivity index (χ1) is 9.70. The first-order valence-corrected chi connectivity index (χ1v) is 6.30. The van der Waals surface area contributed by atoms with Crippen molar-refractivity contribution in [1.82, 2.24) is 0 Å². The van der Waals surface area contributed by atoms with Crippen LogP contribution in [0.1, 0.15) is 12.5 Å². The predicted octanol–water partition coefficient (Wildman–Crippen LogP) is 3.00. The third kappa shape index (κ3) is 1.90. The molecule has 98 valence electrons. The summed E-state index contributed by atoms with van der Waals surface area (Å²) in [5.74, 6) is 0.567. The van der Waals surface area contributed by atoms with Crippen molar-refractivity contribution in [2.24, 2.45) is 0 Å². The Hall–Kier alpha value is -2.80. The Balaban J connectivity index is 2.11. The molecule has 2 aromatic rings. The molecule has 0 aromatic heterocycles. The average Bonchev–Trinajstić information content (AvgIpc) is 2.49. The normalized spacial score (nSPS) is 17.1. The zero-order valence-corrected chi connectivity index (χ0v) is 10.9. The highest BCUT2D eigenvalue weighted by atomic mass is 16.5. The molecule has 20 heavy (non-hydrogen) atoms. The number of benzene rings is 2. The lowest BCUT2D eigenvalue weighted by Gasteiger charge is -2.32. The van der Waals surface area contributed by atoms with Gasteiger partial charge in [0.25, 0.3) is 5.91 Å². The summed E-state index contributed by atoms with van der Waals surface area (Å²) < 4.78 is 5.60. The summed E-state index contributed by atoms with van der Waals surface area (Å²) in [6, 6.07) is 16.4. The molecule has 0 saturated heterocycles. The van der Waals surface area contributed by atoms with Gasteiger partial charge in [-0.05, 0) is 43.3 Å². The van der Waals surface area contributed by atoms with Crippen molar-refractivity contribution in [3.8, 4) is 11.8 Å². The van der Waals surface area contributed by atoms with Crippen molar-refractivity contribution in [3.63, 3.8) is 0 Å². The number of ether oxygens (including phenoxy) is 1. The van der Waals surface area contributed by atoms with E-state index in [1.54, 1.807) is 36.1 Å². The number of para-hydroxylation sites is 2. The maximum absolute atomic E-state index is 12.4. The number of hydrogen-bond donors (Lipinski definition) is 0. The zero-order chi connectivity index (χ0) is 14.1. The van der Waals surface area contributed by atoms with E-state index in [2.05, 4.69) is 6.07 Å². The van der Waals surface area contributed by atoms with Crippen LogP contribution in [-0.2, 0) is 4.79 Å². The van der Waals surface area contributed by atoms with Crippen LogP contribution in [0.2, 0.25) is 0 Å². The summed E-state index contributed by atoms with van der Waals surface area (Å²) in [6.45, 7) is 1.73. The van der Waals surface area contributed by atoms with E-state index in [1.165, 1.54) is 0 Å². The summed E-state index contributed by atoms with van der Waals surface area (Å²) in [4.78, 5) is 14.0. The first-order valence-electron chi connectivity index (χ1n) is 6.30. The minimum absolute atomic E-state index is 0.117. The minimum Gasteiger partial charge on any atom is -0.479 e. The highest BCUT2D eigenvalue weighted by Crippen LogP contribution is 2.38. The molecule has 1 atom stereocenters. The lowest BCUT2D eigenvalue weighted by atomic mass is 10.1. The van der Waals surface area contributed by atoms with Crippen molar-refractivity contribution in [1.29, 1.82) is 5.26 Å². The molecule has 0 radical (unpaired) electrons. The molecule has 3 rings (SSSR count). The van der Waals surface area contributed by atoms with Crippen molar-refractivity contribution in [2.75, 3.05) is 4.90 Å². The largest absolute Gasteiger partial charge is 0.479 e. The summed E-state index contributed by atoms with van der Waals surface area (Å²) in [6.07, 6.45) is -0.527. The number of rotatable bonds is 1. The third-order valence-electron chi connectivity index (χ3n) is 3.23. The molecule has 0 bridgehead atoms. The van der Waals surface area contributed by atoms with Gasteiger partial charge in [-0.2, -0.15) is 5.26 Å². The molecular weight excluding hydrogens is 252 g/mol. The molecule has 2 aromatic carbocycles. The second kappa shape index (κ2) is 4.71. The number of carbonyl (C=O) groups is 1. The van der Waals surface area contributed by atoms with Crippen LogP contribution in [-0.4, -0.2) is 12.0 Å². The van der Waals surface area contributed by atoms with E-state index < -0.39 is 6.10 Å². The van der Waals surface area contributed by atoms with E-state index in [0.717, 1.165) is 11.4 Å². The quantitative estimate of drug-likeness (QED) is 0.795. The molecule has 0 aliphatic carbocycles. The SMILES string of the molecule is CC1Oc2ccccc2N(c2ccc(C#N)cc2)C1=O. The number of anilines is 2. The van der Waals surface area contributed by atoms with Gasteiger partial charge < -0.3 is 4.74 Å². The van der Waals surface area contributed by atoms with E-state index >= 15 is 0 Å². The van der Waals surface area contributed by atoms with Crippen LogP contribution >= 0.6 is 0 Å². The van der Waals surface area contributed by atoms with Crippen molar-refractivity contribution < 1.29 is 9.53 Å². The lowest BCUT2D eigenvalue weighted by molar-refractivity contribution is -0.124. The highest BCUT2D eigenvalue weighted by molar-refractivity contribution is 6.05. The topological polar surface area (TPSA) is 53.3 Å². The molecule has 0 fully saturated rings. The highest BCUT2D eigenvalue weighted by Gasteiger charge is 2.32. The smallest absolute Gasteiger partial charge is 0.272 e. The van der Waals surface area contributed by atoms with E-state index in [-0.39, 0.29) is 5.91 Å². The minimum atomic E-state index is -0.527. The second-order valence-electron chi connectivity index (χ2n) is 4.56. The Morgan fingerprint density at radius 1 is 1.15 bits per heavy atom. The molecule has 0 saturated carbocycles. The van der Waals surface area contributed by atoms with E-state index in [0.29, 0.717) is 11.3 Å². The maximum Gasteiger partial charge on any atom is 0.272 e. The summed E-state index contributed by atoms with van der Waals surface area (Å²) in [5.41, 5.74) is 2.02. The molecule has 4 heteroatoms. The zero-order valence-electron chi connectivity index (χ0n) is 10.9. The number of nitrogens with zero attached hydrogens (tertiary/aromatic N) is 2. The van der Waals surface area contributed by atoms with Gasteiger partial charge in [-0.15, -0.1) is 0 Å². The van der Waals surface area contributed by atoms with Gasteiger partial charge in [0.1, 0.15) is 5.75 Å². The van der Waals surface area contributed by atoms with Gasteiger partial charge in [0.2, 0.25) is 0 Å². The fourth-order valence-electron chi connectivity index (χ4n) is 2.23. The number of carbonyl (C=O) groups excluding carboxylic acids is 1. The Morgan fingerprint density at radius 2 is 1.85 bits per heavy atom. The summed E-state index contributed by atoms with van der Waals surface area (Å²) in [7, 11) is 0. The van der Waals surface area contributed by atoms with Crippen LogP contribution in [0.5, 0.6) is 5.75 Å². The average molecular weight is 264 g/mol. The Bertz CT molecular complexity index is 701. The van der Waals surface area contributed by atoms with Gasteiger partial charge >= 0.3 is 0 Å². The number of nitriles is 1. The monoisotopic (exact) mass is 264 g/mol. The fourth-order valence-corrected chi connectivity index (χ4v) is 2.23. The molecule has 4 nitrogen and oxygen atoms in total. The molecule has 0 N–H and O–H groups in total. The van der Waals surface area contributed by atoms with E-state index in [1.807, 2.05) is 24.3 Å². The molecule has 1 heterocycles. The van der Waals surface area contributed by atoms with Gasteiger partial charge in [-0.1, -0.05) is 12.1 Å². The Labute approximate surface area is 116 Å².